The average Bonchev–Trinajstić information content (AvgIpc) is 3.21. The largest absolute Gasteiger partial charge is 0.455 e. The van der Waals surface area contributed by atoms with Gasteiger partial charge in [-0.2, -0.15) is 0 Å². The molecule has 0 unspecified atom stereocenters. The van der Waals surface area contributed by atoms with Gasteiger partial charge in [0, 0.05) is 22.9 Å². The standard InChI is InChI=1S/C26H21N3O2/c1-2-17(15-16-30)24-27-25(18-9-4-3-5-10-18)29-26(28-24)21-13-8-12-20-19-11-6-7-14-22(19)31-23(20)21/h2-14,30H,15-16H2,1H3/b17-2+. The normalized spacial score (nSPS) is 12.0. The Bertz CT molecular complexity index is 1400. The van der Waals surface area contributed by atoms with E-state index in [1.807, 2.05) is 79.7 Å². The molecule has 0 aliphatic heterocycles. The first-order valence-corrected chi connectivity index (χ1v) is 10.3. The molecule has 152 valence electrons. The highest BCUT2D eigenvalue weighted by Gasteiger charge is 2.17. The van der Waals surface area contributed by atoms with Gasteiger partial charge in [-0.25, -0.2) is 15.0 Å². The lowest BCUT2D eigenvalue weighted by atomic mass is 10.1. The summed E-state index contributed by atoms with van der Waals surface area (Å²) in [6, 6.07) is 23.8. The summed E-state index contributed by atoms with van der Waals surface area (Å²) in [6.07, 6.45) is 2.41. The van der Waals surface area contributed by atoms with Crippen molar-refractivity contribution in [1.82, 2.24) is 15.0 Å². The Labute approximate surface area is 179 Å². The van der Waals surface area contributed by atoms with Crippen LogP contribution in [-0.4, -0.2) is 26.7 Å². The van der Waals surface area contributed by atoms with Crippen molar-refractivity contribution in [1.29, 1.82) is 0 Å². The molecule has 31 heavy (non-hydrogen) atoms. The number of para-hydroxylation sites is 2. The second-order valence-electron chi connectivity index (χ2n) is 7.24. The van der Waals surface area contributed by atoms with E-state index >= 15 is 0 Å². The molecule has 2 aromatic heterocycles. The van der Waals surface area contributed by atoms with Crippen LogP contribution in [0.25, 0.3) is 50.3 Å². The fourth-order valence-electron chi connectivity index (χ4n) is 3.79. The van der Waals surface area contributed by atoms with Crippen LogP contribution in [0.15, 0.2) is 83.3 Å². The molecule has 0 atom stereocenters. The topological polar surface area (TPSA) is 72.0 Å². The molecule has 5 nitrogen and oxygen atoms in total. The fourth-order valence-corrected chi connectivity index (χ4v) is 3.79. The van der Waals surface area contributed by atoms with Crippen LogP contribution in [-0.2, 0) is 0 Å². The molecular weight excluding hydrogens is 386 g/mol. The lowest BCUT2D eigenvalue weighted by Crippen LogP contribution is -2.04. The van der Waals surface area contributed by atoms with Gasteiger partial charge in [-0.15, -0.1) is 0 Å². The van der Waals surface area contributed by atoms with Crippen molar-refractivity contribution in [3.8, 4) is 22.8 Å². The van der Waals surface area contributed by atoms with Crippen molar-refractivity contribution in [2.24, 2.45) is 0 Å². The molecule has 0 saturated heterocycles. The van der Waals surface area contributed by atoms with Crippen LogP contribution in [0.2, 0.25) is 0 Å². The molecular formula is C26H21N3O2. The molecule has 2 heterocycles. The summed E-state index contributed by atoms with van der Waals surface area (Å²) in [6.45, 7) is 1.96. The van der Waals surface area contributed by atoms with Gasteiger partial charge in [0.2, 0.25) is 0 Å². The van der Waals surface area contributed by atoms with Crippen LogP contribution >= 0.6 is 0 Å². The molecule has 0 radical (unpaired) electrons. The van der Waals surface area contributed by atoms with Crippen molar-refractivity contribution >= 4 is 27.5 Å². The maximum Gasteiger partial charge on any atom is 0.167 e. The van der Waals surface area contributed by atoms with E-state index in [1.165, 1.54) is 0 Å². The lowest BCUT2D eigenvalue weighted by molar-refractivity contribution is 0.304. The maximum atomic E-state index is 9.50. The van der Waals surface area contributed by atoms with Crippen LogP contribution in [0.1, 0.15) is 19.2 Å². The Morgan fingerprint density at radius 2 is 1.58 bits per heavy atom. The van der Waals surface area contributed by atoms with E-state index in [0.29, 0.717) is 23.9 Å². The highest BCUT2D eigenvalue weighted by Crippen LogP contribution is 2.35. The smallest absolute Gasteiger partial charge is 0.167 e. The molecule has 5 heteroatoms. The monoisotopic (exact) mass is 407 g/mol. The molecule has 0 bridgehead atoms. The second-order valence-corrected chi connectivity index (χ2v) is 7.24. The van der Waals surface area contributed by atoms with Gasteiger partial charge in [0.25, 0.3) is 0 Å². The van der Waals surface area contributed by atoms with Crippen molar-refractivity contribution in [3.63, 3.8) is 0 Å². The van der Waals surface area contributed by atoms with Gasteiger partial charge in [0.1, 0.15) is 11.2 Å². The zero-order valence-electron chi connectivity index (χ0n) is 17.1. The summed E-state index contributed by atoms with van der Waals surface area (Å²) in [5.41, 5.74) is 4.18. The quantitative estimate of drug-likeness (QED) is 0.393. The van der Waals surface area contributed by atoms with Gasteiger partial charge in [0.05, 0.1) is 5.56 Å². The van der Waals surface area contributed by atoms with E-state index in [4.69, 9.17) is 19.4 Å². The van der Waals surface area contributed by atoms with Crippen LogP contribution in [0.3, 0.4) is 0 Å². The number of hydrogen-bond donors (Lipinski definition) is 1. The zero-order valence-corrected chi connectivity index (χ0v) is 17.1. The minimum atomic E-state index is 0.0283. The number of nitrogens with zero attached hydrogens (tertiary/aromatic N) is 3. The summed E-state index contributed by atoms with van der Waals surface area (Å²) in [5.74, 6) is 1.70. The molecule has 0 amide bonds. The molecule has 0 aliphatic carbocycles. The number of allylic oxidation sites excluding steroid dienone is 1. The first-order valence-electron chi connectivity index (χ1n) is 10.3. The van der Waals surface area contributed by atoms with Crippen molar-refractivity contribution in [2.75, 3.05) is 6.61 Å². The maximum absolute atomic E-state index is 9.50. The SMILES string of the molecule is C/C=C(\CCO)c1nc(-c2ccccc2)nc(-c2cccc3c2oc2ccccc23)n1. The Hall–Kier alpha value is -3.83. The second kappa shape index (κ2) is 8.13. The first-order chi connectivity index (χ1) is 15.3. The predicted octanol–water partition coefficient (Wildman–Crippen LogP) is 5.89. The summed E-state index contributed by atoms with van der Waals surface area (Å²) >= 11 is 0. The van der Waals surface area contributed by atoms with E-state index < -0.39 is 0 Å². The molecule has 0 aliphatic rings. The fraction of sp³-hybridized carbons (Fsp3) is 0.115. The summed E-state index contributed by atoms with van der Waals surface area (Å²) in [7, 11) is 0. The first kappa shape index (κ1) is 19.2. The molecule has 1 N–H and O–H groups in total. The van der Waals surface area contributed by atoms with Crippen LogP contribution < -0.4 is 0 Å². The molecule has 0 spiro atoms. The van der Waals surface area contributed by atoms with Crippen molar-refractivity contribution in [2.45, 2.75) is 13.3 Å². The van der Waals surface area contributed by atoms with Gasteiger partial charge >= 0.3 is 0 Å². The average molecular weight is 407 g/mol. The highest BCUT2D eigenvalue weighted by molar-refractivity contribution is 6.09. The van der Waals surface area contributed by atoms with E-state index in [0.717, 1.165) is 38.6 Å². The molecule has 0 fully saturated rings. The summed E-state index contributed by atoms with van der Waals surface area (Å²) in [5, 5.41) is 11.6. The minimum absolute atomic E-state index is 0.0283. The van der Waals surface area contributed by atoms with E-state index in [-0.39, 0.29) is 6.61 Å². The van der Waals surface area contributed by atoms with Crippen LogP contribution in [0.5, 0.6) is 0 Å². The third kappa shape index (κ3) is 3.49. The Balaban J connectivity index is 1.77. The Kier molecular flexibility index (Phi) is 5.02. The summed E-state index contributed by atoms with van der Waals surface area (Å²) in [4.78, 5) is 14.3. The van der Waals surface area contributed by atoms with Gasteiger partial charge < -0.3 is 9.52 Å². The molecule has 3 aromatic carbocycles. The number of aliphatic hydroxyl groups is 1. The van der Waals surface area contributed by atoms with E-state index in [9.17, 15) is 5.11 Å². The number of aliphatic hydroxyl groups excluding tert-OH is 1. The Morgan fingerprint density at radius 3 is 2.39 bits per heavy atom. The number of fused-ring (bicyclic) bond motifs is 3. The molecule has 5 aromatic rings. The van der Waals surface area contributed by atoms with Crippen molar-refractivity contribution < 1.29 is 9.52 Å². The van der Waals surface area contributed by atoms with Crippen molar-refractivity contribution in [3.05, 3.63) is 84.7 Å². The van der Waals surface area contributed by atoms with Gasteiger partial charge in [-0.05, 0) is 31.1 Å². The highest BCUT2D eigenvalue weighted by atomic mass is 16.3. The third-order valence-electron chi connectivity index (χ3n) is 5.33. The number of aromatic nitrogens is 3. The predicted molar refractivity (Wildman–Crippen MR) is 123 cm³/mol. The third-order valence-corrected chi connectivity index (χ3v) is 5.33. The Morgan fingerprint density at radius 1 is 0.839 bits per heavy atom. The molecule has 0 saturated carbocycles. The van der Waals surface area contributed by atoms with Gasteiger partial charge in [0.15, 0.2) is 17.5 Å². The van der Waals surface area contributed by atoms with Crippen LogP contribution in [0.4, 0.5) is 0 Å². The lowest BCUT2D eigenvalue weighted by Gasteiger charge is -2.10. The van der Waals surface area contributed by atoms with E-state index in [2.05, 4.69) is 6.07 Å². The summed E-state index contributed by atoms with van der Waals surface area (Å²) < 4.78 is 6.20. The van der Waals surface area contributed by atoms with Gasteiger partial charge in [-0.3, -0.25) is 0 Å². The van der Waals surface area contributed by atoms with Gasteiger partial charge in [-0.1, -0.05) is 66.7 Å². The number of benzene rings is 3. The zero-order chi connectivity index (χ0) is 21.2. The number of hydrogen-bond acceptors (Lipinski definition) is 5. The minimum Gasteiger partial charge on any atom is -0.455 e. The number of rotatable bonds is 5. The molecule has 5 rings (SSSR count). The van der Waals surface area contributed by atoms with Crippen LogP contribution in [0, 0.1) is 0 Å². The number of furan rings is 1. The van der Waals surface area contributed by atoms with E-state index in [1.54, 1.807) is 0 Å².